The molecule has 0 aliphatic rings. The van der Waals surface area contributed by atoms with Gasteiger partial charge in [-0.2, -0.15) is 0 Å². The molecule has 0 aromatic heterocycles. The van der Waals surface area contributed by atoms with Gasteiger partial charge in [-0.1, -0.05) is 39.7 Å². The van der Waals surface area contributed by atoms with E-state index < -0.39 is 4.92 Å². The van der Waals surface area contributed by atoms with Crippen molar-refractivity contribution < 1.29 is 9.66 Å². The molecule has 0 N–H and O–H groups in total. The zero-order valence-electron chi connectivity index (χ0n) is 9.68. The minimum Gasteiger partial charge on any atom is -0.455 e. The molecule has 0 bridgehead atoms. The van der Waals surface area contributed by atoms with Gasteiger partial charge in [0.25, 0.3) is 5.69 Å². The van der Waals surface area contributed by atoms with Gasteiger partial charge in [0.1, 0.15) is 11.5 Å². The molecule has 0 saturated carbocycles. The number of benzene rings is 2. The number of nitro benzene ring substituents is 1. The zero-order valence-corrected chi connectivity index (χ0v) is 12.0. The molecule has 0 aliphatic carbocycles. The maximum Gasteiger partial charge on any atom is 0.270 e. The average molecular weight is 343 g/mol. The Morgan fingerprint density at radius 1 is 1.21 bits per heavy atom. The van der Waals surface area contributed by atoms with Gasteiger partial charge >= 0.3 is 0 Å². The Kier molecular flexibility index (Phi) is 4.39. The highest BCUT2D eigenvalue weighted by atomic mass is 79.9. The van der Waals surface area contributed by atoms with Crippen molar-refractivity contribution in [1.82, 2.24) is 0 Å². The van der Waals surface area contributed by atoms with Gasteiger partial charge in [0.15, 0.2) is 0 Å². The summed E-state index contributed by atoms with van der Waals surface area (Å²) in [5, 5.41) is 11.7. The number of nitrogens with zero attached hydrogens (tertiary/aromatic N) is 1. The Morgan fingerprint density at radius 3 is 2.58 bits per heavy atom. The fourth-order valence-corrected chi connectivity index (χ4v) is 2.14. The van der Waals surface area contributed by atoms with Crippen LogP contribution in [0.15, 0.2) is 42.5 Å². The van der Waals surface area contributed by atoms with Crippen LogP contribution < -0.4 is 4.74 Å². The van der Waals surface area contributed by atoms with E-state index in [9.17, 15) is 10.1 Å². The van der Waals surface area contributed by atoms with Crippen molar-refractivity contribution in [2.75, 3.05) is 0 Å². The summed E-state index contributed by atoms with van der Waals surface area (Å²) in [5.41, 5.74) is 0.718. The molecule has 19 heavy (non-hydrogen) atoms. The Hall–Kier alpha value is -1.59. The second-order valence-electron chi connectivity index (χ2n) is 3.72. The van der Waals surface area contributed by atoms with Crippen LogP contribution in [0, 0.1) is 10.1 Å². The topological polar surface area (TPSA) is 52.4 Å². The number of alkyl halides is 1. The van der Waals surface area contributed by atoms with Crippen LogP contribution in [0.5, 0.6) is 11.5 Å². The van der Waals surface area contributed by atoms with E-state index in [0.717, 1.165) is 0 Å². The van der Waals surface area contributed by atoms with Crippen molar-refractivity contribution >= 4 is 33.2 Å². The molecule has 0 saturated heterocycles. The van der Waals surface area contributed by atoms with Gasteiger partial charge in [0.05, 0.1) is 9.95 Å². The lowest BCUT2D eigenvalue weighted by Crippen LogP contribution is -1.93. The first-order chi connectivity index (χ1) is 9.11. The van der Waals surface area contributed by atoms with Gasteiger partial charge in [-0.15, -0.1) is 0 Å². The maximum absolute atomic E-state index is 10.7. The van der Waals surface area contributed by atoms with E-state index in [0.29, 0.717) is 27.4 Å². The summed E-state index contributed by atoms with van der Waals surface area (Å²) >= 11 is 9.29. The fourth-order valence-electron chi connectivity index (χ4n) is 1.53. The molecule has 0 spiro atoms. The lowest BCUT2D eigenvalue weighted by molar-refractivity contribution is -0.384. The highest BCUT2D eigenvalue weighted by molar-refractivity contribution is 9.08. The molecule has 2 aromatic rings. The third-order valence-corrected chi connectivity index (χ3v) is 3.37. The third-order valence-electron chi connectivity index (χ3n) is 2.46. The molecular formula is C13H9BrClNO3. The van der Waals surface area contributed by atoms with Gasteiger partial charge in [0.2, 0.25) is 0 Å². The molecule has 2 rings (SSSR count). The van der Waals surface area contributed by atoms with E-state index in [1.807, 2.05) is 0 Å². The number of non-ortho nitro benzene ring substituents is 1. The van der Waals surface area contributed by atoms with E-state index >= 15 is 0 Å². The number of ether oxygens (including phenoxy) is 1. The summed E-state index contributed by atoms with van der Waals surface area (Å²) in [4.78, 5) is 10.3. The Morgan fingerprint density at radius 2 is 1.95 bits per heavy atom. The SMILES string of the molecule is O=[N+]([O-])c1ccc(Oc2ccccc2Cl)c(CBr)c1. The maximum atomic E-state index is 10.7. The first-order valence-corrected chi connectivity index (χ1v) is 6.87. The average Bonchev–Trinajstić information content (AvgIpc) is 2.41. The molecule has 6 heteroatoms. The molecule has 0 heterocycles. The number of rotatable bonds is 4. The van der Waals surface area contributed by atoms with E-state index in [4.69, 9.17) is 16.3 Å². The van der Waals surface area contributed by atoms with Crippen molar-refractivity contribution in [2.24, 2.45) is 0 Å². The van der Waals surface area contributed by atoms with Crippen LogP contribution in [0.25, 0.3) is 0 Å². The predicted octanol–water partition coefficient (Wildman–Crippen LogP) is 4.94. The normalized spacial score (nSPS) is 10.2. The Balaban J connectivity index is 2.35. The van der Waals surface area contributed by atoms with Gasteiger partial charge in [-0.05, 0) is 18.2 Å². The lowest BCUT2D eigenvalue weighted by atomic mass is 10.2. The fraction of sp³-hybridized carbons (Fsp3) is 0.0769. The molecule has 0 unspecified atom stereocenters. The zero-order chi connectivity index (χ0) is 13.8. The van der Waals surface area contributed by atoms with Crippen molar-refractivity contribution in [1.29, 1.82) is 0 Å². The standard InChI is InChI=1S/C13H9BrClNO3/c14-8-9-7-10(16(17)18)5-6-12(9)19-13-4-2-1-3-11(13)15/h1-7H,8H2. The van der Waals surface area contributed by atoms with Crippen LogP contribution in [0.4, 0.5) is 5.69 Å². The summed E-state index contributed by atoms with van der Waals surface area (Å²) in [6.45, 7) is 0. The van der Waals surface area contributed by atoms with Crippen LogP contribution in [0.2, 0.25) is 5.02 Å². The summed E-state index contributed by atoms with van der Waals surface area (Å²) in [6, 6.07) is 11.5. The van der Waals surface area contributed by atoms with E-state index in [2.05, 4.69) is 15.9 Å². The summed E-state index contributed by atoms with van der Waals surface area (Å²) in [6.07, 6.45) is 0. The quantitative estimate of drug-likeness (QED) is 0.449. The molecule has 98 valence electrons. The van der Waals surface area contributed by atoms with E-state index in [1.54, 1.807) is 30.3 Å². The molecule has 0 atom stereocenters. The Labute approximate surface area is 123 Å². The number of halogens is 2. The smallest absolute Gasteiger partial charge is 0.270 e. The van der Waals surface area contributed by atoms with Gasteiger partial charge < -0.3 is 4.74 Å². The van der Waals surface area contributed by atoms with Crippen LogP contribution >= 0.6 is 27.5 Å². The molecule has 4 nitrogen and oxygen atoms in total. The first-order valence-electron chi connectivity index (χ1n) is 5.37. The van der Waals surface area contributed by atoms with Crippen LogP contribution in [0.1, 0.15) is 5.56 Å². The first kappa shape index (κ1) is 13.8. The summed E-state index contributed by atoms with van der Waals surface area (Å²) < 4.78 is 5.68. The van der Waals surface area contributed by atoms with Crippen LogP contribution in [-0.2, 0) is 5.33 Å². The van der Waals surface area contributed by atoms with Crippen molar-refractivity contribution in [3.63, 3.8) is 0 Å². The molecule has 0 amide bonds. The Bertz CT molecular complexity index is 619. The van der Waals surface area contributed by atoms with Crippen LogP contribution in [0.3, 0.4) is 0 Å². The molecule has 0 radical (unpaired) electrons. The van der Waals surface area contributed by atoms with Crippen molar-refractivity contribution in [2.45, 2.75) is 5.33 Å². The number of nitro groups is 1. The highest BCUT2D eigenvalue weighted by Gasteiger charge is 2.12. The number of para-hydroxylation sites is 1. The van der Waals surface area contributed by atoms with Crippen molar-refractivity contribution in [3.8, 4) is 11.5 Å². The molecule has 0 fully saturated rings. The van der Waals surface area contributed by atoms with E-state index in [-0.39, 0.29) is 5.69 Å². The summed E-state index contributed by atoms with van der Waals surface area (Å²) in [7, 11) is 0. The van der Waals surface area contributed by atoms with Crippen LogP contribution in [-0.4, -0.2) is 4.92 Å². The second-order valence-corrected chi connectivity index (χ2v) is 4.68. The van der Waals surface area contributed by atoms with Gasteiger partial charge in [-0.25, -0.2) is 0 Å². The highest BCUT2D eigenvalue weighted by Crippen LogP contribution is 2.33. The van der Waals surface area contributed by atoms with Gasteiger partial charge in [0, 0.05) is 23.0 Å². The minimum atomic E-state index is -0.439. The predicted molar refractivity (Wildman–Crippen MR) is 77.3 cm³/mol. The monoisotopic (exact) mass is 341 g/mol. The minimum absolute atomic E-state index is 0.0287. The molecule has 2 aromatic carbocycles. The third kappa shape index (κ3) is 3.24. The van der Waals surface area contributed by atoms with Crippen molar-refractivity contribution in [3.05, 3.63) is 63.2 Å². The number of hydrogen-bond donors (Lipinski definition) is 0. The van der Waals surface area contributed by atoms with E-state index in [1.165, 1.54) is 12.1 Å². The second kappa shape index (κ2) is 6.04. The lowest BCUT2D eigenvalue weighted by Gasteiger charge is -2.10. The molecular weight excluding hydrogens is 334 g/mol. The van der Waals surface area contributed by atoms with Gasteiger partial charge in [-0.3, -0.25) is 10.1 Å². The largest absolute Gasteiger partial charge is 0.455 e. The number of hydrogen-bond acceptors (Lipinski definition) is 3. The molecule has 0 aliphatic heterocycles. The summed E-state index contributed by atoms with van der Waals surface area (Å²) in [5.74, 6) is 1.05.